The van der Waals surface area contributed by atoms with Crippen LogP contribution in [0.2, 0.25) is 5.02 Å². The highest BCUT2D eigenvalue weighted by Gasteiger charge is 2.26. The Morgan fingerprint density at radius 2 is 2.09 bits per heavy atom. The van der Waals surface area contributed by atoms with E-state index in [-0.39, 0.29) is 10.8 Å². The molecule has 120 valence electrons. The van der Waals surface area contributed by atoms with E-state index in [1.807, 2.05) is 0 Å². The van der Waals surface area contributed by atoms with E-state index in [9.17, 15) is 21.6 Å². The molecule has 1 heterocycles. The number of hydrogen-bond donors (Lipinski definition) is 0. The molecule has 1 aromatic carbocycles. The van der Waals surface area contributed by atoms with E-state index in [2.05, 4.69) is 4.98 Å². The molecule has 0 amide bonds. The first-order valence-electron chi connectivity index (χ1n) is 5.94. The van der Waals surface area contributed by atoms with E-state index in [0.29, 0.717) is 4.57 Å². The molecule has 0 unspecified atom stereocenters. The van der Waals surface area contributed by atoms with Crippen LogP contribution in [-0.4, -0.2) is 29.3 Å². The van der Waals surface area contributed by atoms with Crippen LogP contribution in [0.4, 0.5) is 13.2 Å². The van der Waals surface area contributed by atoms with Crippen LogP contribution in [0.15, 0.2) is 35.5 Å². The molecule has 0 aliphatic heterocycles. The molecule has 0 saturated carbocycles. The smallest absolute Gasteiger partial charge is 0.277 e. The largest absolute Gasteiger partial charge is 0.319 e. The van der Waals surface area contributed by atoms with Crippen molar-refractivity contribution in [3.63, 3.8) is 0 Å². The van der Waals surface area contributed by atoms with Gasteiger partial charge in [-0.3, -0.25) is 4.57 Å². The molecule has 1 aromatic heterocycles. The number of nitrogens with zero attached hydrogens (tertiary/aromatic N) is 3. The van der Waals surface area contributed by atoms with Gasteiger partial charge in [-0.05, 0) is 18.2 Å². The van der Waals surface area contributed by atoms with Gasteiger partial charge in [-0.15, -0.1) is 0 Å². The van der Waals surface area contributed by atoms with Gasteiger partial charge in [-0.2, -0.15) is 13.1 Å². The number of sulfonamides is 1. The summed E-state index contributed by atoms with van der Waals surface area (Å²) in [5, 5.41) is 0.0485. The Labute approximate surface area is 130 Å². The second-order valence-electron chi connectivity index (χ2n) is 4.36. The third-order valence-corrected chi connectivity index (χ3v) is 4.98. The standard InChI is InChI=1S/C12H11ClF3N3O2S/c1-18(7-11-17-4-5-19(11)12(15)16)22(20,21)10-3-2-8(13)6-9(10)14/h2-6,12H,7H2,1H3. The SMILES string of the molecule is CN(Cc1nccn1C(F)F)S(=O)(=O)c1ccc(Cl)cc1F. The lowest BCUT2D eigenvalue weighted by Crippen LogP contribution is -2.28. The average molecular weight is 354 g/mol. The van der Waals surface area contributed by atoms with Crippen molar-refractivity contribution in [2.45, 2.75) is 18.0 Å². The molecule has 0 spiro atoms. The van der Waals surface area contributed by atoms with Gasteiger partial charge >= 0.3 is 6.55 Å². The monoisotopic (exact) mass is 353 g/mol. The van der Waals surface area contributed by atoms with Crippen LogP contribution in [0, 0.1) is 5.82 Å². The van der Waals surface area contributed by atoms with Crippen LogP contribution in [0.1, 0.15) is 12.4 Å². The highest BCUT2D eigenvalue weighted by atomic mass is 35.5. The van der Waals surface area contributed by atoms with E-state index < -0.39 is 33.8 Å². The van der Waals surface area contributed by atoms with Crippen molar-refractivity contribution in [3.8, 4) is 0 Å². The van der Waals surface area contributed by atoms with Gasteiger partial charge in [0.1, 0.15) is 16.5 Å². The average Bonchev–Trinajstić information content (AvgIpc) is 2.86. The van der Waals surface area contributed by atoms with Crippen molar-refractivity contribution in [3.05, 3.63) is 47.3 Å². The topological polar surface area (TPSA) is 55.2 Å². The highest BCUT2D eigenvalue weighted by Crippen LogP contribution is 2.23. The molecule has 0 atom stereocenters. The highest BCUT2D eigenvalue weighted by molar-refractivity contribution is 7.89. The summed E-state index contributed by atoms with van der Waals surface area (Å²) in [6, 6.07) is 3.11. The first kappa shape index (κ1) is 16.8. The zero-order valence-electron chi connectivity index (χ0n) is 11.2. The van der Waals surface area contributed by atoms with E-state index in [0.717, 1.165) is 35.9 Å². The van der Waals surface area contributed by atoms with Crippen molar-refractivity contribution < 1.29 is 21.6 Å². The summed E-state index contributed by atoms with van der Waals surface area (Å²) in [6.07, 6.45) is 2.16. The Morgan fingerprint density at radius 1 is 1.41 bits per heavy atom. The van der Waals surface area contributed by atoms with Crippen LogP contribution in [0.3, 0.4) is 0 Å². The molecule has 0 saturated heterocycles. The van der Waals surface area contributed by atoms with Crippen molar-refractivity contribution in [2.75, 3.05) is 7.05 Å². The Kier molecular flexibility index (Phi) is 4.78. The number of benzene rings is 1. The molecule has 0 aliphatic rings. The summed E-state index contributed by atoms with van der Waals surface area (Å²) in [6.45, 7) is -3.28. The lowest BCUT2D eigenvalue weighted by Gasteiger charge is -2.18. The third-order valence-electron chi connectivity index (χ3n) is 2.91. The fraction of sp³-hybridized carbons (Fsp3) is 0.250. The first-order valence-corrected chi connectivity index (χ1v) is 7.76. The minimum absolute atomic E-state index is 0.0485. The zero-order chi connectivity index (χ0) is 16.5. The van der Waals surface area contributed by atoms with Crippen molar-refractivity contribution in [1.82, 2.24) is 13.9 Å². The Hall–Kier alpha value is -1.58. The third kappa shape index (κ3) is 3.26. The van der Waals surface area contributed by atoms with Gasteiger partial charge in [-0.25, -0.2) is 17.8 Å². The number of rotatable bonds is 5. The maximum absolute atomic E-state index is 13.8. The Bertz CT molecular complexity index is 780. The van der Waals surface area contributed by atoms with Crippen molar-refractivity contribution >= 4 is 21.6 Å². The lowest BCUT2D eigenvalue weighted by molar-refractivity contribution is 0.0658. The molecule has 0 N–H and O–H groups in total. The summed E-state index contributed by atoms with van der Waals surface area (Å²) in [7, 11) is -3.06. The second kappa shape index (κ2) is 6.27. The van der Waals surface area contributed by atoms with Crippen LogP contribution < -0.4 is 0 Å². The summed E-state index contributed by atoms with van der Waals surface area (Å²) >= 11 is 5.57. The molecule has 2 aromatic rings. The van der Waals surface area contributed by atoms with E-state index in [4.69, 9.17) is 11.6 Å². The van der Waals surface area contributed by atoms with Gasteiger partial charge < -0.3 is 0 Å². The number of aromatic nitrogens is 2. The zero-order valence-corrected chi connectivity index (χ0v) is 12.8. The number of halogens is 4. The van der Waals surface area contributed by atoms with Gasteiger partial charge in [0.15, 0.2) is 0 Å². The van der Waals surface area contributed by atoms with Gasteiger partial charge in [-0.1, -0.05) is 11.6 Å². The predicted octanol–water partition coefficient (Wildman–Crippen LogP) is 2.89. The molecule has 0 aliphatic carbocycles. The first-order chi connectivity index (χ1) is 10.2. The molecule has 0 bridgehead atoms. The van der Waals surface area contributed by atoms with Gasteiger partial charge in [0, 0.05) is 24.5 Å². The van der Waals surface area contributed by atoms with Crippen molar-refractivity contribution in [2.24, 2.45) is 0 Å². The number of hydrogen-bond acceptors (Lipinski definition) is 3. The molecule has 10 heteroatoms. The summed E-state index contributed by atoms with van der Waals surface area (Å²) in [5.74, 6) is -1.17. The molecular formula is C12H11ClF3N3O2S. The van der Waals surface area contributed by atoms with Gasteiger partial charge in [0.05, 0.1) is 6.54 Å². The molecule has 0 radical (unpaired) electrons. The van der Waals surface area contributed by atoms with E-state index >= 15 is 0 Å². The molecule has 22 heavy (non-hydrogen) atoms. The van der Waals surface area contributed by atoms with Gasteiger partial charge in [0.25, 0.3) is 0 Å². The summed E-state index contributed by atoms with van der Waals surface area (Å²) < 4.78 is 65.0. The fourth-order valence-electron chi connectivity index (χ4n) is 1.78. The van der Waals surface area contributed by atoms with E-state index in [1.165, 1.54) is 6.07 Å². The maximum atomic E-state index is 13.8. The summed E-state index contributed by atoms with van der Waals surface area (Å²) in [5.41, 5.74) is 0. The van der Waals surface area contributed by atoms with E-state index in [1.54, 1.807) is 0 Å². The van der Waals surface area contributed by atoms with Crippen LogP contribution >= 0.6 is 11.6 Å². The quantitative estimate of drug-likeness (QED) is 0.830. The number of alkyl halides is 2. The predicted molar refractivity (Wildman–Crippen MR) is 73.5 cm³/mol. The lowest BCUT2D eigenvalue weighted by atomic mass is 10.3. The maximum Gasteiger partial charge on any atom is 0.319 e. The van der Waals surface area contributed by atoms with Gasteiger partial charge in [0.2, 0.25) is 10.0 Å². The molecule has 0 fully saturated rings. The number of imidazole rings is 1. The Balaban J connectivity index is 2.31. The molecule has 5 nitrogen and oxygen atoms in total. The minimum atomic E-state index is -4.20. The van der Waals surface area contributed by atoms with Crippen LogP contribution in [0.5, 0.6) is 0 Å². The Morgan fingerprint density at radius 3 is 2.68 bits per heavy atom. The van der Waals surface area contributed by atoms with Crippen molar-refractivity contribution in [1.29, 1.82) is 0 Å². The molecule has 2 rings (SSSR count). The molecular weight excluding hydrogens is 343 g/mol. The fourth-order valence-corrected chi connectivity index (χ4v) is 3.11. The van der Waals surface area contributed by atoms with Crippen LogP contribution in [0.25, 0.3) is 0 Å². The second-order valence-corrected chi connectivity index (χ2v) is 6.81. The summed E-state index contributed by atoms with van der Waals surface area (Å²) in [4.78, 5) is 3.09. The minimum Gasteiger partial charge on any atom is -0.277 e. The normalized spacial score (nSPS) is 12.3. The van der Waals surface area contributed by atoms with Crippen LogP contribution in [-0.2, 0) is 16.6 Å².